The van der Waals surface area contributed by atoms with Crippen LogP contribution in [0.15, 0.2) is 18.2 Å². The molecule has 0 aliphatic heterocycles. The quantitative estimate of drug-likeness (QED) is 0.814. The molecular formula is C12H18ClN2O+. The second-order valence-corrected chi connectivity index (χ2v) is 4.43. The minimum absolute atomic E-state index is 0.0183. The van der Waals surface area contributed by atoms with Gasteiger partial charge in [-0.2, -0.15) is 0 Å². The maximum Gasteiger partial charge on any atom is 0.279 e. The molecule has 1 atom stereocenters. The van der Waals surface area contributed by atoms with E-state index in [-0.39, 0.29) is 5.91 Å². The Kier molecular flexibility index (Phi) is 4.77. The number of carbonyl (C=O) groups is 1. The third-order valence-corrected chi connectivity index (χ3v) is 2.77. The van der Waals surface area contributed by atoms with Crippen molar-refractivity contribution >= 4 is 23.2 Å². The molecule has 1 aromatic rings. The van der Waals surface area contributed by atoms with Crippen molar-refractivity contribution in [2.24, 2.45) is 0 Å². The topological polar surface area (TPSA) is 33.5 Å². The van der Waals surface area contributed by atoms with Crippen LogP contribution in [0.3, 0.4) is 0 Å². The van der Waals surface area contributed by atoms with Crippen LogP contribution in [-0.2, 0) is 4.79 Å². The van der Waals surface area contributed by atoms with E-state index in [1.54, 1.807) is 6.07 Å². The van der Waals surface area contributed by atoms with Crippen molar-refractivity contribution in [3.8, 4) is 0 Å². The summed E-state index contributed by atoms with van der Waals surface area (Å²) in [6.07, 6.45) is 0. The summed E-state index contributed by atoms with van der Waals surface area (Å²) in [7, 11) is 1.99. The lowest BCUT2D eigenvalue weighted by Gasteiger charge is -2.12. The van der Waals surface area contributed by atoms with Crippen LogP contribution in [-0.4, -0.2) is 26.0 Å². The normalized spacial score (nSPS) is 12.2. The van der Waals surface area contributed by atoms with Gasteiger partial charge in [-0.05, 0) is 31.5 Å². The largest absolute Gasteiger partial charge is 0.330 e. The molecule has 2 N–H and O–H groups in total. The van der Waals surface area contributed by atoms with Crippen molar-refractivity contribution in [1.29, 1.82) is 0 Å². The smallest absolute Gasteiger partial charge is 0.279 e. The van der Waals surface area contributed by atoms with E-state index >= 15 is 0 Å². The van der Waals surface area contributed by atoms with Gasteiger partial charge in [-0.1, -0.05) is 17.7 Å². The van der Waals surface area contributed by atoms with E-state index in [0.29, 0.717) is 11.6 Å². The molecule has 16 heavy (non-hydrogen) atoms. The Hall–Kier alpha value is -1.06. The second kappa shape index (κ2) is 5.87. The molecule has 0 radical (unpaired) electrons. The second-order valence-electron chi connectivity index (χ2n) is 3.99. The summed E-state index contributed by atoms with van der Waals surface area (Å²) in [6, 6.07) is 5.49. The highest BCUT2D eigenvalue weighted by Crippen LogP contribution is 2.19. The Morgan fingerprint density at radius 1 is 1.50 bits per heavy atom. The molecule has 1 unspecified atom stereocenters. The number of anilines is 1. The van der Waals surface area contributed by atoms with Gasteiger partial charge in [0.1, 0.15) is 0 Å². The summed E-state index contributed by atoms with van der Waals surface area (Å²) in [5.41, 5.74) is 1.81. The molecule has 1 amide bonds. The molecule has 0 aliphatic rings. The number of aryl methyl sites for hydroxylation is 1. The van der Waals surface area contributed by atoms with Gasteiger partial charge in [0.15, 0.2) is 6.54 Å². The van der Waals surface area contributed by atoms with Crippen LogP contribution in [0, 0.1) is 6.92 Å². The molecule has 0 fully saturated rings. The number of benzene rings is 1. The number of carbonyl (C=O) groups excluding carboxylic acids is 1. The molecule has 4 heteroatoms. The maximum atomic E-state index is 11.7. The number of likely N-dealkylation sites (N-methyl/N-ethyl adjacent to an activating group) is 1. The van der Waals surface area contributed by atoms with Crippen LogP contribution in [0.25, 0.3) is 0 Å². The summed E-state index contributed by atoms with van der Waals surface area (Å²) in [5.74, 6) is 0.0183. The first-order chi connectivity index (χ1) is 7.52. The Labute approximate surface area is 101 Å². The molecule has 0 saturated carbocycles. The third kappa shape index (κ3) is 3.83. The van der Waals surface area contributed by atoms with Crippen molar-refractivity contribution in [3.05, 3.63) is 28.8 Å². The van der Waals surface area contributed by atoms with Gasteiger partial charge in [0, 0.05) is 10.7 Å². The zero-order valence-electron chi connectivity index (χ0n) is 9.93. The van der Waals surface area contributed by atoms with E-state index in [0.717, 1.165) is 17.8 Å². The third-order valence-electron chi connectivity index (χ3n) is 2.54. The van der Waals surface area contributed by atoms with Gasteiger partial charge in [0.05, 0.1) is 13.6 Å². The number of quaternary nitrogens is 1. The van der Waals surface area contributed by atoms with Gasteiger partial charge in [-0.3, -0.25) is 4.79 Å². The van der Waals surface area contributed by atoms with Gasteiger partial charge in [0.25, 0.3) is 5.91 Å². The van der Waals surface area contributed by atoms with E-state index in [9.17, 15) is 4.79 Å². The molecule has 0 heterocycles. The lowest BCUT2D eigenvalue weighted by atomic mass is 10.2. The van der Waals surface area contributed by atoms with Crippen LogP contribution < -0.4 is 10.2 Å². The molecule has 3 nitrogen and oxygen atoms in total. The van der Waals surface area contributed by atoms with Gasteiger partial charge in [0.2, 0.25) is 0 Å². The van der Waals surface area contributed by atoms with Gasteiger partial charge >= 0.3 is 0 Å². The van der Waals surface area contributed by atoms with Crippen LogP contribution >= 0.6 is 11.6 Å². The van der Waals surface area contributed by atoms with Crippen molar-refractivity contribution in [2.45, 2.75) is 13.8 Å². The first-order valence-electron chi connectivity index (χ1n) is 5.40. The summed E-state index contributed by atoms with van der Waals surface area (Å²) < 4.78 is 0. The Morgan fingerprint density at radius 3 is 2.81 bits per heavy atom. The molecule has 0 aromatic heterocycles. The van der Waals surface area contributed by atoms with Crippen LogP contribution in [0.1, 0.15) is 12.5 Å². The summed E-state index contributed by atoms with van der Waals surface area (Å²) in [5, 5.41) is 3.51. The van der Waals surface area contributed by atoms with Crippen molar-refractivity contribution in [2.75, 3.05) is 25.5 Å². The fourth-order valence-electron chi connectivity index (χ4n) is 1.32. The average Bonchev–Trinajstić information content (AvgIpc) is 2.23. The van der Waals surface area contributed by atoms with Crippen molar-refractivity contribution in [3.63, 3.8) is 0 Å². The summed E-state index contributed by atoms with van der Waals surface area (Å²) in [6.45, 7) is 5.40. The van der Waals surface area contributed by atoms with E-state index in [1.807, 2.05) is 33.0 Å². The van der Waals surface area contributed by atoms with Crippen LogP contribution in [0.2, 0.25) is 5.02 Å². The van der Waals surface area contributed by atoms with E-state index in [1.165, 1.54) is 4.90 Å². The van der Waals surface area contributed by atoms with Gasteiger partial charge in [-0.15, -0.1) is 0 Å². The fourth-order valence-corrected chi connectivity index (χ4v) is 1.49. The van der Waals surface area contributed by atoms with Gasteiger partial charge in [-0.25, -0.2) is 0 Å². The molecule has 0 spiro atoms. The highest BCUT2D eigenvalue weighted by Gasteiger charge is 2.09. The maximum absolute atomic E-state index is 11.7. The zero-order valence-corrected chi connectivity index (χ0v) is 10.7. The number of nitrogens with one attached hydrogen (secondary N) is 2. The SMILES string of the molecule is CC[NH+](C)CC(=O)Nc1cc(Cl)ccc1C. The molecular weight excluding hydrogens is 224 g/mol. The summed E-state index contributed by atoms with van der Waals surface area (Å²) >= 11 is 5.88. The molecule has 1 rings (SSSR count). The lowest BCUT2D eigenvalue weighted by molar-refractivity contribution is -0.868. The van der Waals surface area contributed by atoms with E-state index in [2.05, 4.69) is 5.32 Å². The Bertz CT molecular complexity index is 379. The summed E-state index contributed by atoms with van der Waals surface area (Å²) in [4.78, 5) is 12.8. The molecule has 88 valence electrons. The van der Waals surface area contributed by atoms with Crippen molar-refractivity contribution < 1.29 is 9.69 Å². The minimum atomic E-state index is 0.0183. The molecule has 0 bridgehead atoms. The monoisotopic (exact) mass is 241 g/mol. The van der Waals surface area contributed by atoms with Crippen molar-refractivity contribution in [1.82, 2.24) is 0 Å². The first kappa shape index (κ1) is 13.0. The van der Waals surface area contributed by atoms with E-state index in [4.69, 9.17) is 11.6 Å². The Balaban J connectivity index is 2.65. The number of hydrogen-bond acceptors (Lipinski definition) is 1. The number of hydrogen-bond donors (Lipinski definition) is 2. The zero-order chi connectivity index (χ0) is 12.1. The highest BCUT2D eigenvalue weighted by atomic mass is 35.5. The number of halogens is 1. The standard InChI is InChI=1S/C12H17ClN2O/c1-4-15(3)8-12(16)14-11-7-10(13)6-5-9(11)2/h5-7H,4,8H2,1-3H3,(H,14,16)/p+1. The van der Waals surface area contributed by atoms with Gasteiger partial charge < -0.3 is 10.2 Å². The lowest BCUT2D eigenvalue weighted by Crippen LogP contribution is -3.09. The van der Waals surface area contributed by atoms with Crippen LogP contribution in [0.4, 0.5) is 5.69 Å². The molecule has 1 aromatic carbocycles. The van der Waals surface area contributed by atoms with E-state index < -0.39 is 0 Å². The predicted octanol–water partition coefficient (Wildman–Crippen LogP) is 1.12. The molecule has 0 saturated heterocycles. The predicted molar refractivity (Wildman–Crippen MR) is 67.1 cm³/mol. The fraction of sp³-hybridized carbons (Fsp3) is 0.417. The highest BCUT2D eigenvalue weighted by molar-refractivity contribution is 6.31. The number of rotatable bonds is 4. The average molecular weight is 242 g/mol. The minimum Gasteiger partial charge on any atom is -0.330 e. The first-order valence-corrected chi connectivity index (χ1v) is 5.78. The molecule has 0 aliphatic carbocycles. The number of amides is 1. The van der Waals surface area contributed by atoms with Crippen LogP contribution in [0.5, 0.6) is 0 Å². The Morgan fingerprint density at radius 2 is 2.19 bits per heavy atom.